The van der Waals surface area contributed by atoms with Crippen molar-refractivity contribution in [2.24, 2.45) is 0 Å². The van der Waals surface area contributed by atoms with Crippen LogP contribution in [-0.4, -0.2) is 19.1 Å². The van der Waals surface area contributed by atoms with Crippen LogP contribution in [0.15, 0.2) is 186 Å². The topological polar surface area (TPSA) is 48.8 Å². The quantitative estimate of drug-likeness (QED) is 0.182. The Hall–Kier alpha value is -7.24. The van der Waals surface area contributed by atoms with Crippen molar-refractivity contribution < 1.29 is 4.42 Å². The zero-order valence-electron chi connectivity index (χ0n) is 28.5. The molecule has 0 bridgehead atoms. The molecule has 11 aromatic rings. The van der Waals surface area contributed by atoms with E-state index in [0.717, 1.165) is 89.0 Å². The van der Waals surface area contributed by atoms with Crippen LogP contribution in [0.5, 0.6) is 0 Å². The number of imidazole rings is 1. The van der Waals surface area contributed by atoms with Gasteiger partial charge in [0.1, 0.15) is 11.4 Å². The molecule has 7 aromatic carbocycles. The number of aromatic nitrogens is 4. The average Bonchev–Trinajstić information content (AvgIpc) is 3.91. The molecule has 0 unspecified atom stereocenters. The van der Waals surface area contributed by atoms with E-state index in [-0.39, 0.29) is 0 Å². The third-order valence-electron chi connectivity index (χ3n) is 10.4. The van der Waals surface area contributed by atoms with E-state index in [2.05, 4.69) is 167 Å². The number of nitrogens with zero attached hydrogens (tertiary/aromatic N) is 4. The Kier molecular flexibility index (Phi) is 6.48. The number of fused-ring (bicyclic) bond motifs is 8. The average molecular weight is 679 g/mol. The Morgan fingerprint density at radius 3 is 1.66 bits per heavy atom. The lowest BCUT2D eigenvalue weighted by molar-refractivity contribution is 0.655. The van der Waals surface area contributed by atoms with Crippen LogP contribution in [0.25, 0.3) is 100 Å². The highest BCUT2D eigenvalue weighted by Gasteiger charge is 2.24. The van der Waals surface area contributed by atoms with Gasteiger partial charge in [0, 0.05) is 38.7 Å². The first kappa shape index (κ1) is 29.5. The third-order valence-corrected chi connectivity index (χ3v) is 10.4. The largest absolute Gasteiger partial charge is 0.438 e. The van der Waals surface area contributed by atoms with E-state index in [9.17, 15) is 0 Å². The lowest BCUT2D eigenvalue weighted by atomic mass is 9.99. The maximum Gasteiger partial charge on any atom is 0.228 e. The van der Waals surface area contributed by atoms with Gasteiger partial charge < -0.3 is 8.98 Å². The molecule has 0 amide bonds. The predicted molar refractivity (Wildman–Crippen MR) is 217 cm³/mol. The summed E-state index contributed by atoms with van der Waals surface area (Å²) in [6, 6.07) is 63.6. The minimum atomic E-state index is 0.644. The molecule has 0 aliphatic carbocycles. The molecule has 0 aliphatic heterocycles. The van der Waals surface area contributed by atoms with E-state index in [1.165, 1.54) is 5.39 Å². The highest BCUT2D eigenvalue weighted by Crippen LogP contribution is 2.44. The molecule has 11 rings (SSSR count). The highest BCUT2D eigenvalue weighted by atomic mass is 16.3. The van der Waals surface area contributed by atoms with Crippen molar-refractivity contribution in [2.75, 3.05) is 0 Å². The summed E-state index contributed by atoms with van der Waals surface area (Å²) in [5.41, 5.74) is 13.1. The van der Waals surface area contributed by atoms with Gasteiger partial charge in [-0.25, -0.2) is 9.97 Å². The maximum absolute atomic E-state index is 6.46. The second kappa shape index (κ2) is 11.7. The summed E-state index contributed by atoms with van der Waals surface area (Å²) < 4.78 is 11.0. The zero-order chi connectivity index (χ0) is 34.9. The van der Waals surface area contributed by atoms with Gasteiger partial charge >= 0.3 is 0 Å². The first-order chi connectivity index (χ1) is 26.3. The number of benzene rings is 7. The van der Waals surface area contributed by atoms with Gasteiger partial charge in [-0.15, -0.1) is 0 Å². The normalized spacial score (nSPS) is 11.8. The lowest BCUT2D eigenvalue weighted by Crippen LogP contribution is -1.97. The van der Waals surface area contributed by atoms with Crippen LogP contribution in [0, 0.1) is 0 Å². The molecule has 4 heterocycles. The van der Waals surface area contributed by atoms with Crippen molar-refractivity contribution in [3.05, 3.63) is 182 Å². The Bertz CT molecular complexity index is 3140. The summed E-state index contributed by atoms with van der Waals surface area (Å²) in [7, 11) is 0. The standard InChI is InChI=1S/C48H30N4O/c1-3-13-35(14-4-1)51-40-20-10-7-17-37(40)43-44-38-18-8-12-22-42(38)53-48(44)50-45(46(43)51)33-27-23-31(24-28-33)32-25-29-34(30-26-32)47-49-39-19-9-11-21-41(39)52(47)36-15-5-2-6-16-36/h1-30H. The fraction of sp³-hybridized carbons (Fsp3) is 0. The molecule has 0 saturated carbocycles. The molecular weight excluding hydrogens is 649 g/mol. The van der Waals surface area contributed by atoms with Crippen LogP contribution in [0.1, 0.15) is 0 Å². The number of hydrogen-bond acceptors (Lipinski definition) is 3. The van der Waals surface area contributed by atoms with E-state index in [1.54, 1.807) is 0 Å². The van der Waals surface area contributed by atoms with E-state index in [0.29, 0.717) is 5.71 Å². The van der Waals surface area contributed by atoms with Gasteiger partial charge in [-0.2, -0.15) is 0 Å². The highest BCUT2D eigenvalue weighted by molar-refractivity contribution is 6.28. The van der Waals surface area contributed by atoms with Crippen LogP contribution < -0.4 is 0 Å². The van der Waals surface area contributed by atoms with Crippen LogP contribution in [0.2, 0.25) is 0 Å². The van der Waals surface area contributed by atoms with Gasteiger partial charge in [-0.3, -0.25) is 4.57 Å². The summed E-state index contributed by atoms with van der Waals surface area (Å²) in [6.07, 6.45) is 0. The fourth-order valence-corrected chi connectivity index (χ4v) is 7.96. The Morgan fingerprint density at radius 2 is 0.943 bits per heavy atom. The molecule has 248 valence electrons. The number of pyridine rings is 1. The molecule has 0 saturated heterocycles. The number of hydrogen-bond donors (Lipinski definition) is 0. The molecule has 5 nitrogen and oxygen atoms in total. The summed E-state index contributed by atoms with van der Waals surface area (Å²) in [5.74, 6) is 0.921. The molecule has 0 fully saturated rings. The van der Waals surface area contributed by atoms with Crippen LogP contribution in [-0.2, 0) is 0 Å². The smallest absolute Gasteiger partial charge is 0.228 e. The molecule has 53 heavy (non-hydrogen) atoms. The summed E-state index contributed by atoms with van der Waals surface area (Å²) in [5, 5.41) is 4.43. The first-order valence-corrected chi connectivity index (χ1v) is 17.8. The summed E-state index contributed by atoms with van der Waals surface area (Å²) in [4.78, 5) is 10.4. The lowest BCUT2D eigenvalue weighted by Gasteiger charge is -2.12. The van der Waals surface area contributed by atoms with Crippen LogP contribution >= 0.6 is 0 Å². The molecule has 0 atom stereocenters. The van der Waals surface area contributed by atoms with E-state index in [4.69, 9.17) is 14.4 Å². The minimum Gasteiger partial charge on any atom is -0.438 e. The minimum absolute atomic E-state index is 0.644. The summed E-state index contributed by atoms with van der Waals surface area (Å²) >= 11 is 0. The van der Waals surface area contributed by atoms with Crippen molar-refractivity contribution >= 4 is 54.9 Å². The van der Waals surface area contributed by atoms with Gasteiger partial charge in [-0.1, -0.05) is 133 Å². The molecular formula is C48H30N4O. The molecule has 0 spiro atoms. The van der Waals surface area contributed by atoms with Gasteiger partial charge in [0.15, 0.2) is 0 Å². The Balaban J connectivity index is 1.06. The molecule has 0 radical (unpaired) electrons. The van der Waals surface area contributed by atoms with Crippen molar-refractivity contribution in [2.45, 2.75) is 0 Å². The monoisotopic (exact) mass is 678 g/mol. The SMILES string of the molecule is c1ccc(-n2c(-c3ccc(-c4ccc(-c5nc6oc7ccccc7c6c6c7ccccc7n(-c7ccccc7)c56)cc4)cc3)nc3ccccc32)cc1. The van der Waals surface area contributed by atoms with Gasteiger partial charge in [0.25, 0.3) is 0 Å². The van der Waals surface area contributed by atoms with E-state index < -0.39 is 0 Å². The summed E-state index contributed by atoms with van der Waals surface area (Å²) in [6.45, 7) is 0. The number of para-hydroxylation sites is 6. The second-order valence-electron chi connectivity index (χ2n) is 13.4. The van der Waals surface area contributed by atoms with Gasteiger partial charge in [0.05, 0.1) is 33.1 Å². The van der Waals surface area contributed by atoms with Crippen molar-refractivity contribution in [1.82, 2.24) is 19.1 Å². The molecule has 0 N–H and O–H groups in total. The molecule has 5 heteroatoms. The number of rotatable bonds is 5. The fourth-order valence-electron chi connectivity index (χ4n) is 7.96. The van der Waals surface area contributed by atoms with Crippen molar-refractivity contribution in [3.8, 4) is 45.1 Å². The Morgan fingerprint density at radius 1 is 0.396 bits per heavy atom. The van der Waals surface area contributed by atoms with Crippen molar-refractivity contribution in [3.63, 3.8) is 0 Å². The van der Waals surface area contributed by atoms with E-state index in [1.807, 2.05) is 24.3 Å². The van der Waals surface area contributed by atoms with Gasteiger partial charge in [-0.05, 0) is 59.7 Å². The Labute approximate surface area is 304 Å². The third kappa shape index (κ3) is 4.57. The second-order valence-corrected chi connectivity index (χ2v) is 13.4. The number of furan rings is 1. The molecule has 4 aromatic heterocycles. The first-order valence-electron chi connectivity index (χ1n) is 17.8. The predicted octanol–water partition coefficient (Wildman–Crippen LogP) is 12.4. The zero-order valence-corrected chi connectivity index (χ0v) is 28.5. The molecule has 0 aliphatic rings. The van der Waals surface area contributed by atoms with Crippen molar-refractivity contribution in [1.29, 1.82) is 0 Å². The van der Waals surface area contributed by atoms with Gasteiger partial charge in [0.2, 0.25) is 5.71 Å². The van der Waals surface area contributed by atoms with Crippen LogP contribution in [0.4, 0.5) is 0 Å². The van der Waals surface area contributed by atoms with Crippen LogP contribution in [0.3, 0.4) is 0 Å². The maximum atomic E-state index is 6.46. The van der Waals surface area contributed by atoms with E-state index >= 15 is 0 Å².